The van der Waals surface area contributed by atoms with Gasteiger partial charge in [-0.1, -0.05) is 164 Å². The number of nitrogens with zero attached hydrogens (tertiary/aromatic N) is 5. The van der Waals surface area contributed by atoms with Crippen LogP contribution in [0.25, 0.3) is 100 Å². The zero-order chi connectivity index (χ0) is 43.8. The summed E-state index contributed by atoms with van der Waals surface area (Å²) in [7, 11) is 0. The number of fused-ring (bicyclic) bond motifs is 3. The molecule has 66 heavy (non-hydrogen) atoms. The third kappa shape index (κ3) is 7.22. The number of hydrogen-bond donors (Lipinski definition) is 0. The van der Waals surface area contributed by atoms with Crippen molar-refractivity contribution < 1.29 is 4.42 Å². The maximum atomic E-state index is 6.10. The number of para-hydroxylation sites is 1. The lowest BCUT2D eigenvalue weighted by atomic mass is 9.94. The molecule has 12 aromatic rings. The minimum absolute atomic E-state index is 0.467. The highest BCUT2D eigenvalue weighted by Gasteiger charge is 2.21. The van der Waals surface area contributed by atoms with Gasteiger partial charge in [0.2, 0.25) is 11.8 Å². The van der Waals surface area contributed by atoms with E-state index in [2.05, 4.69) is 197 Å². The van der Waals surface area contributed by atoms with Gasteiger partial charge in [-0.25, -0.2) is 9.97 Å². The van der Waals surface area contributed by atoms with Gasteiger partial charge in [-0.15, -0.1) is 10.2 Å². The molecule has 0 spiro atoms. The SMILES string of the molecule is c1ccc(-c2nnc(-c3ccc(N(c4ccccc4)c4ccc(-c5nc6c(-c7ccc8ccccc8c7)ccc(-c7ccc8ccccc8c7)c6nc5-c5ccccc5)cc4)cc3)o2)cc1. The lowest BCUT2D eigenvalue weighted by molar-refractivity contribution is 0.584. The molecule has 0 radical (unpaired) electrons. The molecule has 0 aliphatic heterocycles. The summed E-state index contributed by atoms with van der Waals surface area (Å²) in [5.74, 6) is 0.956. The Balaban J connectivity index is 0.992. The first-order valence-electron chi connectivity index (χ1n) is 22.0. The van der Waals surface area contributed by atoms with Crippen molar-refractivity contribution in [1.82, 2.24) is 20.2 Å². The molecule has 12 rings (SSSR count). The highest BCUT2D eigenvalue weighted by Crippen LogP contribution is 2.42. The highest BCUT2D eigenvalue weighted by molar-refractivity contribution is 6.05. The molecule has 6 nitrogen and oxygen atoms in total. The molecule has 2 aromatic heterocycles. The quantitative estimate of drug-likeness (QED) is 0.144. The highest BCUT2D eigenvalue weighted by atomic mass is 16.4. The molecule has 0 unspecified atom stereocenters. The number of aromatic nitrogens is 4. The van der Waals surface area contributed by atoms with Crippen LogP contribution in [0.15, 0.2) is 241 Å². The Morgan fingerprint density at radius 3 is 1.15 bits per heavy atom. The molecule has 0 fully saturated rings. The molecule has 0 saturated heterocycles. The third-order valence-electron chi connectivity index (χ3n) is 12.2. The van der Waals surface area contributed by atoms with E-state index in [1.807, 2.05) is 54.6 Å². The minimum atomic E-state index is 0.467. The Labute approximate surface area is 381 Å². The van der Waals surface area contributed by atoms with E-state index in [0.717, 1.165) is 84.0 Å². The van der Waals surface area contributed by atoms with Crippen LogP contribution in [-0.4, -0.2) is 20.2 Å². The molecule has 0 amide bonds. The van der Waals surface area contributed by atoms with Gasteiger partial charge >= 0.3 is 0 Å². The van der Waals surface area contributed by atoms with Crippen LogP contribution in [0.4, 0.5) is 17.1 Å². The van der Waals surface area contributed by atoms with Gasteiger partial charge in [-0.3, -0.25) is 0 Å². The summed E-state index contributed by atoms with van der Waals surface area (Å²) >= 11 is 0. The van der Waals surface area contributed by atoms with Crippen molar-refractivity contribution in [3.63, 3.8) is 0 Å². The normalized spacial score (nSPS) is 11.3. The first kappa shape index (κ1) is 38.7. The summed E-state index contributed by atoms with van der Waals surface area (Å²) in [6.07, 6.45) is 0. The van der Waals surface area contributed by atoms with Gasteiger partial charge in [-0.2, -0.15) is 0 Å². The summed E-state index contributed by atoms with van der Waals surface area (Å²) in [5, 5.41) is 13.4. The number of anilines is 3. The Morgan fingerprint density at radius 2 is 0.652 bits per heavy atom. The predicted molar refractivity (Wildman–Crippen MR) is 270 cm³/mol. The third-order valence-corrected chi connectivity index (χ3v) is 12.2. The maximum absolute atomic E-state index is 6.10. The second kappa shape index (κ2) is 16.6. The monoisotopic (exact) mass is 845 g/mol. The smallest absolute Gasteiger partial charge is 0.248 e. The molecule has 0 atom stereocenters. The van der Waals surface area contributed by atoms with Crippen molar-refractivity contribution in [2.24, 2.45) is 0 Å². The molecule has 0 bridgehead atoms. The lowest BCUT2D eigenvalue weighted by Crippen LogP contribution is -2.09. The van der Waals surface area contributed by atoms with E-state index in [4.69, 9.17) is 14.4 Å². The molecule has 0 saturated carbocycles. The van der Waals surface area contributed by atoms with Crippen LogP contribution in [0, 0.1) is 0 Å². The van der Waals surface area contributed by atoms with Crippen molar-refractivity contribution in [1.29, 1.82) is 0 Å². The molecule has 2 heterocycles. The number of rotatable bonds is 9. The average Bonchev–Trinajstić information content (AvgIpc) is 3.90. The standard InChI is InChI=1S/C60H39N5O/c1-4-16-42(17-5-1)55-56(62-58-54(49-27-25-41-15-11-13-21-47(41)39-49)37-36-53(57(58)61-55)48-26-24-40-14-10-12-20-46(40)38-48)43-28-32-51(33-29-43)65(50-22-8-3-9-23-50)52-34-30-45(31-35-52)60-64-63-59(66-60)44-18-6-2-7-19-44/h1-39H. The molecule has 0 aliphatic rings. The van der Waals surface area contributed by atoms with Gasteiger partial charge in [0.05, 0.1) is 22.4 Å². The Kier molecular flexibility index (Phi) is 9.73. The fourth-order valence-electron chi connectivity index (χ4n) is 8.90. The van der Waals surface area contributed by atoms with Crippen molar-refractivity contribution in [3.05, 3.63) is 237 Å². The maximum Gasteiger partial charge on any atom is 0.248 e. The second-order valence-electron chi connectivity index (χ2n) is 16.3. The molecule has 0 N–H and O–H groups in total. The number of benzene rings is 10. The minimum Gasteiger partial charge on any atom is -0.416 e. The van der Waals surface area contributed by atoms with Crippen LogP contribution in [0.2, 0.25) is 0 Å². The van der Waals surface area contributed by atoms with Crippen LogP contribution in [-0.2, 0) is 0 Å². The molecule has 6 heteroatoms. The van der Waals surface area contributed by atoms with E-state index in [9.17, 15) is 0 Å². The van der Waals surface area contributed by atoms with Crippen molar-refractivity contribution in [2.75, 3.05) is 4.90 Å². The van der Waals surface area contributed by atoms with Crippen molar-refractivity contribution in [2.45, 2.75) is 0 Å². The van der Waals surface area contributed by atoms with Gasteiger partial charge < -0.3 is 9.32 Å². The van der Waals surface area contributed by atoms with Crippen LogP contribution < -0.4 is 4.90 Å². The van der Waals surface area contributed by atoms with E-state index in [0.29, 0.717) is 11.8 Å². The van der Waals surface area contributed by atoms with Gasteiger partial charge in [0, 0.05) is 50.4 Å². The zero-order valence-corrected chi connectivity index (χ0v) is 35.7. The summed E-state index contributed by atoms with van der Waals surface area (Å²) < 4.78 is 6.10. The van der Waals surface area contributed by atoms with Gasteiger partial charge in [0.25, 0.3) is 0 Å². The fraction of sp³-hybridized carbons (Fsp3) is 0. The molecular weight excluding hydrogens is 807 g/mol. The zero-order valence-electron chi connectivity index (χ0n) is 35.7. The Morgan fingerprint density at radius 1 is 0.288 bits per heavy atom. The first-order chi connectivity index (χ1) is 32.7. The lowest BCUT2D eigenvalue weighted by Gasteiger charge is -2.26. The van der Waals surface area contributed by atoms with Crippen LogP contribution >= 0.6 is 0 Å². The summed E-state index contributed by atoms with van der Waals surface area (Å²) in [6, 6.07) is 82.2. The Hall–Kier alpha value is -9.00. The molecule has 0 aliphatic carbocycles. The van der Waals surface area contributed by atoms with Crippen molar-refractivity contribution in [3.8, 4) is 67.7 Å². The van der Waals surface area contributed by atoms with E-state index in [1.165, 1.54) is 21.5 Å². The molecule has 10 aromatic carbocycles. The van der Waals surface area contributed by atoms with Gasteiger partial charge in [0.15, 0.2) is 0 Å². The van der Waals surface area contributed by atoms with Crippen molar-refractivity contribution >= 4 is 49.6 Å². The molecular formula is C60H39N5O. The fourth-order valence-corrected chi connectivity index (χ4v) is 8.90. The van der Waals surface area contributed by atoms with Crippen LogP contribution in [0.1, 0.15) is 0 Å². The largest absolute Gasteiger partial charge is 0.416 e. The van der Waals surface area contributed by atoms with E-state index < -0.39 is 0 Å². The van der Waals surface area contributed by atoms with E-state index >= 15 is 0 Å². The van der Waals surface area contributed by atoms with Gasteiger partial charge in [-0.05, 0) is 105 Å². The summed E-state index contributed by atoms with van der Waals surface area (Å²) in [4.78, 5) is 13.6. The summed E-state index contributed by atoms with van der Waals surface area (Å²) in [5.41, 5.74) is 14.3. The number of hydrogen-bond acceptors (Lipinski definition) is 6. The average molecular weight is 846 g/mol. The predicted octanol–water partition coefficient (Wildman–Crippen LogP) is 15.8. The molecule has 310 valence electrons. The topological polar surface area (TPSA) is 67.9 Å². The van der Waals surface area contributed by atoms with E-state index in [-0.39, 0.29) is 0 Å². The van der Waals surface area contributed by atoms with E-state index in [1.54, 1.807) is 0 Å². The first-order valence-corrected chi connectivity index (χ1v) is 22.0. The van der Waals surface area contributed by atoms with Gasteiger partial charge in [0.1, 0.15) is 0 Å². The van der Waals surface area contributed by atoms with Crippen LogP contribution in [0.3, 0.4) is 0 Å². The van der Waals surface area contributed by atoms with Crippen LogP contribution in [0.5, 0.6) is 0 Å². The summed E-state index contributed by atoms with van der Waals surface area (Å²) in [6.45, 7) is 0. The Bertz CT molecular complexity index is 3680. The second-order valence-corrected chi connectivity index (χ2v) is 16.3.